The lowest BCUT2D eigenvalue weighted by Gasteiger charge is -2.38. The number of rotatable bonds is 3. The largest absolute Gasteiger partial charge is 0.365 e. The van der Waals surface area contributed by atoms with Crippen molar-refractivity contribution in [1.82, 2.24) is 20.0 Å². The first-order chi connectivity index (χ1) is 14.6. The number of amides is 3. The van der Waals surface area contributed by atoms with E-state index in [-0.39, 0.29) is 30.6 Å². The van der Waals surface area contributed by atoms with Gasteiger partial charge in [-0.25, -0.2) is 13.6 Å². The first-order valence-corrected chi connectivity index (χ1v) is 10.6. The zero-order chi connectivity index (χ0) is 22.1. The van der Waals surface area contributed by atoms with Crippen LogP contribution >= 0.6 is 23.2 Å². The highest BCUT2D eigenvalue weighted by molar-refractivity contribution is 6.42. The molecule has 2 aromatic rings. The van der Waals surface area contributed by atoms with Crippen LogP contribution in [0, 0.1) is 5.41 Å². The zero-order valence-electron chi connectivity index (χ0n) is 16.3. The number of carbonyl (C=O) groups is 2. The van der Waals surface area contributed by atoms with Gasteiger partial charge in [0.25, 0.3) is 11.8 Å². The Balaban J connectivity index is 1.34. The number of nitrogens with two attached hydrogens (primary N) is 1. The van der Waals surface area contributed by atoms with Gasteiger partial charge >= 0.3 is 6.03 Å². The molecule has 3 amide bonds. The molecule has 7 nitrogen and oxygen atoms in total. The molecule has 164 valence electrons. The maximum absolute atomic E-state index is 13.4. The van der Waals surface area contributed by atoms with Crippen molar-refractivity contribution in [1.29, 1.82) is 0 Å². The van der Waals surface area contributed by atoms with Crippen molar-refractivity contribution in [3.63, 3.8) is 0 Å². The second kappa shape index (κ2) is 6.80. The number of hydrogen-bond donors (Lipinski definition) is 2. The summed E-state index contributed by atoms with van der Waals surface area (Å²) in [6.45, 7) is 0.872. The van der Waals surface area contributed by atoms with Gasteiger partial charge in [-0.2, -0.15) is 5.10 Å². The fourth-order valence-electron chi connectivity index (χ4n) is 4.67. The number of benzene rings is 1. The van der Waals surface area contributed by atoms with E-state index in [1.165, 1.54) is 4.90 Å². The normalized spacial score (nSPS) is 25.7. The van der Waals surface area contributed by atoms with Gasteiger partial charge in [-0.1, -0.05) is 29.3 Å². The van der Waals surface area contributed by atoms with Gasteiger partial charge in [0.15, 0.2) is 0 Å². The molecule has 11 heteroatoms. The molecule has 0 bridgehead atoms. The molecule has 3 aliphatic rings. The smallest absolute Gasteiger partial charge is 0.318 e. The Morgan fingerprint density at radius 2 is 1.90 bits per heavy atom. The van der Waals surface area contributed by atoms with Crippen molar-refractivity contribution in [2.45, 2.75) is 44.3 Å². The Kier molecular flexibility index (Phi) is 4.50. The molecule has 1 aromatic heterocycles. The lowest BCUT2D eigenvalue weighted by atomic mass is 9.76. The summed E-state index contributed by atoms with van der Waals surface area (Å²) in [5.74, 6) is -3.26. The van der Waals surface area contributed by atoms with Gasteiger partial charge in [-0.3, -0.25) is 9.48 Å². The molecule has 2 saturated carbocycles. The molecule has 0 atom stereocenters. The summed E-state index contributed by atoms with van der Waals surface area (Å²) < 4.78 is 28.4. The standard InChI is InChI=1S/C20H19Cl2F2N5O2/c21-12-2-1-10(5-13(12)22)16-15(17(25)30)14-8-28(3-4-29(14)27-16)18(31)26-11-6-19(7-11)9-20(19,23)24/h1-2,5,11H,3-4,6-9H2,(H2,25,30)(H,26,31). The monoisotopic (exact) mass is 469 g/mol. The van der Waals surface area contributed by atoms with Crippen LogP contribution in [0.4, 0.5) is 13.6 Å². The van der Waals surface area contributed by atoms with Gasteiger partial charge < -0.3 is 16.0 Å². The second-order valence-electron chi connectivity index (χ2n) is 8.52. The summed E-state index contributed by atoms with van der Waals surface area (Å²) >= 11 is 12.1. The maximum Gasteiger partial charge on any atom is 0.318 e. The molecule has 2 aliphatic carbocycles. The molecule has 1 aromatic carbocycles. The summed E-state index contributed by atoms with van der Waals surface area (Å²) in [7, 11) is 0. The topological polar surface area (TPSA) is 93.2 Å². The Bertz CT molecular complexity index is 1110. The number of carbonyl (C=O) groups excluding carboxylic acids is 2. The number of nitrogens with one attached hydrogen (secondary N) is 1. The lowest BCUT2D eigenvalue weighted by Crippen LogP contribution is -2.53. The number of nitrogens with zero attached hydrogens (tertiary/aromatic N) is 3. The first kappa shape index (κ1) is 20.5. The SMILES string of the molecule is NC(=O)c1c(-c2ccc(Cl)c(Cl)c2)nn2c1CN(C(=O)NC1CC3(C1)CC3(F)F)CC2. The number of aromatic nitrogens is 2. The van der Waals surface area contributed by atoms with Gasteiger partial charge in [0, 0.05) is 30.0 Å². The molecule has 31 heavy (non-hydrogen) atoms. The van der Waals surface area contributed by atoms with Crippen LogP contribution in [0.15, 0.2) is 18.2 Å². The predicted molar refractivity (Wildman–Crippen MR) is 110 cm³/mol. The molecule has 1 spiro atoms. The minimum Gasteiger partial charge on any atom is -0.365 e. The molecule has 0 unspecified atom stereocenters. The van der Waals surface area contributed by atoms with Crippen molar-refractivity contribution >= 4 is 35.1 Å². The third kappa shape index (κ3) is 3.25. The van der Waals surface area contributed by atoms with Crippen LogP contribution in [0.25, 0.3) is 11.3 Å². The third-order valence-electron chi connectivity index (χ3n) is 6.52. The average molecular weight is 470 g/mol. The number of urea groups is 1. The van der Waals surface area contributed by atoms with Gasteiger partial charge in [0.1, 0.15) is 5.69 Å². The Morgan fingerprint density at radius 1 is 1.19 bits per heavy atom. The summed E-state index contributed by atoms with van der Waals surface area (Å²) in [6, 6.07) is 4.31. The lowest BCUT2D eigenvalue weighted by molar-refractivity contribution is 0.0149. The molecule has 2 heterocycles. The highest BCUT2D eigenvalue weighted by atomic mass is 35.5. The Labute approximate surface area is 186 Å². The number of alkyl halides is 2. The molecular formula is C20H19Cl2F2N5O2. The van der Waals surface area contributed by atoms with E-state index in [0.717, 1.165) is 0 Å². The van der Waals surface area contributed by atoms with E-state index in [1.54, 1.807) is 22.9 Å². The van der Waals surface area contributed by atoms with E-state index in [2.05, 4.69) is 10.4 Å². The fourth-order valence-corrected chi connectivity index (χ4v) is 4.97. The highest BCUT2D eigenvalue weighted by Crippen LogP contribution is 2.70. The maximum atomic E-state index is 13.4. The van der Waals surface area contributed by atoms with Crippen molar-refractivity contribution in [3.8, 4) is 11.3 Å². The van der Waals surface area contributed by atoms with Crippen molar-refractivity contribution in [2.24, 2.45) is 11.1 Å². The second-order valence-corrected chi connectivity index (χ2v) is 9.34. The Morgan fingerprint density at radius 3 is 2.52 bits per heavy atom. The number of primary amides is 1. The fraction of sp³-hybridized carbons (Fsp3) is 0.450. The van der Waals surface area contributed by atoms with E-state index in [9.17, 15) is 18.4 Å². The summed E-state index contributed by atoms with van der Waals surface area (Å²) in [4.78, 5) is 26.5. The van der Waals surface area contributed by atoms with E-state index in [1.807, 2.05) is 0 Å². The van der Waals surface area contributed by atoms with Crippen LogP contribution < -0.4 is 11.1 Å². The van der Waals surface area contributed by atoms with Gasteiger partial charge in [0.05, 0.1) is 34.4 Å². The summed E-state index contributed by atoms with van der Waals surface area (Å²) in [5, 5.41) is 8.03. The van der Waals surface area contributed by atoms with Crippen LogP contribution in [-0.4, -0.2) is 45.1 Å². The van der Waals surface area contributed by atoms with Crippen LogP contribution in [0.2, 0.25) is 10.0 Å². The summed E-state index contributed by atoms with van der Waals surface area (Å²) in [5.41, 5.74) is 6.44. The molecule has 2 fully saturated rings. The quantitative estimate of drug-likeness (QED) is 0.717. The number of hydrogen-bond acceptors (Lipinski definition) is 3. The highest BCUT2D eigenvalue weighted by Gasteiger charge is 2.75. The molecular weight excluding hydrogens is 451 g/mol. The van der Waals surface area contributed by atoms with E-state index < -0.39 is 17.2 Å². The molecule has 3 N–H and O–H groups in total. The predicted octanol–water partition coefficient (Wildman–Crippen LogP) is 3.67. The van der Waals surface area contributed by atoms with E-state index in [0.29, 0.717) is 52.9 Å². The van der Waals surface area contributed by atoms with E-state index in [4.69, 9.17) is 28.9 Å². The zero-order valence-corrected chi connectivity index (χ0v) is 17.8. The Hall–Kier alpha value is -2.39. The van der Waals surface area contributed by atoms with Crippen LogP contribution in [-0.2, 0) is 13.1 Å². The van der Waals surface area contributed by atoms with Gasteiger partial charge in [-0.15, -0.1) is 0 Å². The van der Waals surface area contributed by atoms with Crippen LogP contribution in [0.1, 0.15) is 35.3 Å². The van der Waals surface area contributed by atoms with Gasteiger partial charge in [0.2, 0.25) is 0 Å². The number of halogens is 4. The molecule has 5 rings (SSSR count). The molecule has 0 saturated heterocycles. The van der Waals surface area contributed by atoms with Gasteiger partial charge in [-0.05, 0) is 25.0 Å². The minimum absolute atomic E-state index is 0.0886. The first-order valence-electron chi connectivity index (χ1n) is 9.88. The van der Waals surface area contributed by atoms with Crippen molar-refractivity contribution in [2.75, 3.05) is 6.54 Å². The van der Waals surface area contributed by atoms with Crippen LogP contribution in [0.3, 0.4) is 0 Å². The van der Waals surface area contributed by atoms with E-state index >= 15 is 0 Å². The average Bonchev–Trinajstić information content (AvgIpc) is 3.06. The van der Waals surface area contributed by atoms with Crippen LogP contribution in [0.5, 0.6) is 0 Å². The van der Waals surface area contributed by atoms with Crippen molar-refractivity contribution < 1.29 is 18.4 Å². The summed E-state index contributed by atoms with van der Waals surface area (Å²) in [6.07, 6.45) is 0.506. The third-order valence-corrected chi connectivity index (χ3v) is 7.26. The minimum atomic E-state index is -2.59. The molecule has 0 radical (unpaired) electrons. The number of fused-ring (bicyclic) bond motifs is 1. The van der Waals surface area contributed by atoms with Crippen molar-refractivity contribution in [3.05, 3.63) is 39.5 Å². The molecule has 1 aliphatic heterocycles.